The number of carbonyl (C=O) groups is 1. The van der Waals surface area contributed by atoms with Crippen molar-refractivity contribution >= 4 is 29.5 Å². The van der Waals surface area contributed by atoms with Gasteiger partial charge in [0, 0.05) is 10.6 Å². The summed E-state index contributed by atoms with van der Waals surface area (Å²) in [7, 11) is 0. The topological polar surface area (TPSA) is 58.6 Å². The van der Waals surface area contributed by atoms with E-state index in [2.05, 4.69) is 5.32 Å². The van der Waals surface area contributed by atoms with Gasteiger partial charge in [-0.2, -0.15) is 0 Å². The maximum atomic E-state index is 11.7. The van der Waals surface area contributed by atoms with Crippen molar-refractivity contribution in [1.82, 2.24) is 5.32 Å². The van der Waals surface area contributed by atoms with E-state index in [0.29, 0.717) is 12.2 Å². The van der Waals surface area contributed by atoms with Crippen molar-refractivity contribution in [2.45, 2.75) is 29.5 Å². The van der Waals surface area contributed by atoms with Crippen LogP contribution in [0.1, 0.15) is 12.0 Å². The number of rotatable bonds is 8. The quantitative estimate of drug-likeness (QED) is 0.421. The Morgan fingerprint density at radius 3 is 2.42 bits per heavy atom. The fourth-order valence-corrected chi connectivity index (χ4v) is 3.09. The van der Waals surface area contributed by atoms with E-state index in [1.54, 1.807) is 11.8 Å². The number of alkyl halides is 1. The van der Waals surface area contributed by atoms with Crippen LogP contribution in [0.25, 0.3) is 0 Å². The van der Waals surface area contributed by atoms with E-state index in [0.717, 1.165) is 10.5 Å². The molecule has 0 fully saturated rings. The van der Waals surface area contributed by atoms with E-state index in [1.807, 2.05) is 60.7 Å². The first-order valence-electron chi connectivity index (χ1n) is 7.62. The molecule has 0 radical (unpaired) electrons. The molecule has 0 saturated heterocycles. The monoisotopic (exact) mass is 365 g/mol. The molecule has 0 aliphatic heterocycles. The Labute approximate surface area is 151 Å². The molecule has 2 unspecified atom stereocenters. The number of hydrogen-bond acceptors (Lipinski definition) is 4. The van der Waals surface area contributed by atoms with Crippen LogP contribution in [0.4, 0.5) is 4.79 Å². The molecule has 0 bridgehead atoms. The van der Waals surface area contributed by atoms with Gasteiger partial charge >= 0.3 is 6.09 Å². The first-order valence-corrected chi connectivity index (χ1v) is 9.04. The van der Waals surface area contributed by atoms with Gasteiger partial charge in [-0.25, -0.2) is 4.79 Å². The summed E-state index contributed by atoms with van der Waals surface area (Å²) in [5.41, 5.74) is 0.00299. The van der Waals surface area contributed by atoms with Gasteiger partial charge in [0.2, 0.25) is 0 Å². The number of aliphatic hydroxyl groups excluding tert-OH is 1. The van der Waals surface area contributed by atoms with Crippen LogP contribution >= 0.6 is 23.4 Å². The predicted molar refractivity (Wildman–Crippen MR) is 97.2 cm³/mol. The lowest BCUT2D eigenvalue weighted by Gasteiger charge is -2.18. The molecule has 0 saturated carbocycles. The lowest BCUT2D eigenvalue weighted by Crippen LogP contribution is -2.39. The highest BCUT2D eigenvalue weighted by atomic mass is 35.5. The number of hydrogen-bond donors (Lipinski definition) is 2. The van der Waals surface area contributed by atoms with E-state index in [4.69, 9.17) is 16.3 Å². The summed E-state index contributed by atoms with van der Waals surface area (Å²) in [6.45, 7) is 0.163. The molecule has 6 heteroatoms. The summed E-state index contributed by atoms with van der Waals surface area (Å²) in [6.07, 6.45) is -1.02. The zero-order chi connectivity index (χ0) is 17.2. The van der Waals surface area contributed by atoms with E-state index in [9.17, 15) is 9.90 Å². The van der Waals surface area contributed by atoms with Crippen molar-refractivity contribution in [2.75, 3.05) is 5.75 Å². The summed E-state index contributed by atoms with van der Waals surface area (Å²) in [4.78, 5) is 12.8. The summed E-state index contributed by atoms with van der Waals surface area (Å²) in [5.74, 6) is 0.704. The van der Waals surface area contributed by atoms with Crippen LogP contribution in [0.2, 0.25) is 0 Å². The summed E-state index contributed by atoms with van der Waals surface area (Å²) < 4.78 is 5.07. The maximum absolute atomic E-state index is 11.7. The Morgan fingerprint density at radius 2 is 1.75 bits per heavy atom. The third kappa shape index (κ3) is 6.83. The van der Waals surface area contributed by atoms with E-state index in [1.165, 1.54) is 0 Å². The molecule has 24 heavy (non-hydrogen) atoms. The molecule has 1 amide bonds. The van der Waals surface area contributed by atoms with Gasteiger partial charge in [-0.3, -0.25) is 0 Å². The van der Waals surface area contributed by atoms with Gasteiger partial charge in [-0.05, 0) is 24.1 Å². The lowest BCUT2D eigenvalue weighted by atomic mass is 10.2. The van der Waals surface area contributed by atoms with Gasteiger partial charge in [0.1, 0.15) is 12.1 Å². The molecule has 2 aromatic rings. The van der Waals surface area contributed by atoms with Gasteiger partial charge in [0.25, 0.3) is 0 Å². The summed E-state index contributed by atoms with van der Waals surface area (Å²) in [5, 5.41) is 12.5. The molecule has 0 spiro atoms. The van der Waals surface area contributed by atoms with Gasteiger partial charge < -0.3 is 15.2 Å². The normalized spacial score (nSPS) is 13.1. The molecule has 4 nitrogen and oxygen atoms in total. The van der Waals surface area contributed by atoms with Crippen LogP contribution in [-0.4, -0.2) is 28.6 Å². The predicted octanol–water partition coefficient (Wildman–Crippen LogP) is 4.02. The highest BCUT2D eigenvalue weighted by molar-refractivity contribution is 7.99. The SMILES string of the molecule is O=C(NC(Cl)C(O)CCSc1ccccc1)OCc1ccccc1. The number of halogens is 1. The Morgan fingerprint density at radius 1 is 1.12 bits per heavy atom. The van der Waals surface area contributed by atoms with Gasteiger partial charge in [0.05, 0.1) is 6.10 Å². The Bertz CT molecular complexity index is 612. The summed E-state index contributed by atoms with van der Waals surface area (Å²) in [6, 6.07) is 19.3. The number of amides is 1. The molecule has 0 aliphatic carbocycles. The minimum Gasteiger partial charge on any atom is -0.445 e. The fourth-order valence-electron chi connectivity index (χ4n) is 1.93. The van der Waals surface area contributed by atoms with Crippen molar-refractivity contribution in [3.63, 3.8) is 0 Å². The third-order valence-electron chi connectivity index (χ3n) is 3.23. The molecule has 2 aromatic carbocycles. The van der Waals surface area contributed by atoms with Crippen LogP contribution in [0, 0.1) is 0 Å². The fraction of sp³-hybridized carbons (Fsp3) is 0.278. The second kappa shape index (κ2) is 10.2. The number of carbonyl (C=O) groups excluding carboxylic acids is 1. The lowest BCUT2D eigenvalue weighted by molar-refractivity contribution is 0.118. The number of nitrogens with one attached hydrogen (secondary N) is 1. The van der Waals surface area contributed by atoms with Crippen molar-refractivity contribution in [2.24, 2.45) is 0 Å². The number of thioether (sulfide) groups is 1. The van der Waals surface area contributed by atoms with Crippen LogP contribution in [0.3, 0.4) is 0 Å². The average molecular weight is 366 g/mol. The third-order valence-corrected chi connectivity index (χ3v) is 4.68. The van der Waals surface area contributed by atoms with E-state index >= 15 is 0 Å². The standard InChI is InChI=1S/C18H20ClNO3S/c19-17(16(21)11-12-24-15-9-5-2-6-10-15)20-18(22)23-13-14-7-3-1-4-8-14/h1-10,16-17,21H,11-13H2,(H,20,22). The molecule has 0 aromatic heterocycles. The smallest absolute Gasteiger partial charge is 0.408 e. The molecular formula is C18H20ClNO3S. The average Bonchev–Trinajstić information content (AvgIpc) is 2.61. The van der Waals surface area contributed by atoms with Crippen molar-refractivity contribution in [3.8, 4) is 0 Å². The zero-order valence-electron chi connectivity index (χ0n) is 13.1. The molecule has 2 rings (SSSR count). The van der Waals surface area contributed by atoms with Crippen LogP contribution in [-0.2, 0) is 11.3 Å². The van der Waals surface area contributed by atoms with Gasteiger partial charge in [-0.15, -0.1) is 11.8 Å². The van der Waals surface area contributed by atoms with Crippen LogP contribution < -0.4 is 5.32 Å². The number of ether oxygens (including phenoxy) is 1. The highest BCUT2D eigenvalue weighted by Gasteiger charge is 2.19. The number of benzene rings is 2. The van der Waals surface area contributed by atoms with Crippen molar-refractivity contribution in [1.29, 1.82) is 0 Å². The molecule has 2 N–H and O–H groups in total. The molecule has 2 atom stereocenters. The van der Waals surface area contributed by atoms with Crippen molar-refractivity contribution in [3.05, 3.63) is 66.2 Å². The first kappa shape index (κ1) is 18.6. The molecular weight excluding hydrogens is 346 g/mol. The van der Waals surface area contributed by atoms with Crippen molar-refractivity contribution < 1.29 is 14.6 Å². The molecule has 128 valence electrons. The molecule has 0 heterocycles. The zero-order valence-corrected chi connectivity index (χ0v) is 14.7. The first-order chi connectivity index (χ1) is 11.6. The largest absolute Gasteiger partial charge is 0.445 e. The second-order valence-electron chi connectivity index (χ2n) is 5.13. The number of aliphatic hydroxyl groups is 1. The molecule has 0 aliphatic rings. The van der Waals surface area contributed by atoms with Gasteiger partial charge in [0.15, 0.2) is 0 Å². The highest BCUT2D eigenvalue weighted by Crippen LogP contribution is 2.19. The Hall–Kier alpha value is -1.69. The van der Waals surface area contributed by atoms with Crippen LogP contribution in [0.5, 0.6) is 0 Å². The van der Waals surface area contributed by atoms with Crippen LogP contribution in [0.15, 0.2) is 65.6 Å². The summed E-state index contributed by atoms with van der Waals surface area (Å²) >= 11 is 7.65. The Balaban J connectivity index is 1.65. The second-order valence-corrected chi connectivity index (χ2v) is 6.76. The number of alkyl carbamates (subject to hydrolysis) is 1. The maximum Gasteiger partial charge on any atom is 0.408 e. The minimum atomic E-state index is -0.885. The Kier molecular flexibility index (Phi) is 7.95. The van der Waals surface area contributed by atoms with Gasteiger partial charge in [-0.1, -0.05) is 60.1 Å². The van der Waals surface area contributed by atoms with E-state index in [-0.39, 0.29) is 6.61 Å². The van der Waals surface area contributed by atoms with E-state index < -0.39 is 17.7 Å². The minimum absolute atomic E-state index is 0.163.